The van der Waals surface area contributed by atoms with Crippen LogP contribution in [-0.2, 0) is 9.47 Å². The van der Waals surface area contributed by atoms with E-state index >= 15 is 0 Å². The molecule has 0 aromatic carbocycles. The number of ether oxygens (including phenoxy) is 2. The van der Waals surface area contributed by atoms with Crippen LogP contribution in [0.1, 0.15) is 30.8 Å². The van der Waals surface area contributed by atoms with E-state index in [2.05, 4.69) is 9.88 Å². The van der Waals surface area contributed by atoms with E-state index in [-0.39, 0.29) is 18.1 Å². The predicted molar refractivity (Wildman–Crippen MR) is 87.8 cm³/mol. The number of likely N-dealkylation sites (tertiary alicyclic amines) is 1. The first-order valence-electron chi connectivity index (χ1n) is 8.37. The topological polar surface area (TPSA) is 54.9 Å². The molecule has 2 saturated heterocycles. The van der Waals surface area contributed by atoms with Gasteiger partial charge < -0.3 is 19.3 Å². The predicted octanol–water partition coefficient (Wildman–Crippen LogP) is 1.56. The van der Waals surface area contributed by atoms with Crippen LogP contribution >= 0.6 is 0 Å². The smallest absolute Gasteiger partial charge is 0.272 e. The van der Waals surface area contributed by atoms with Crippen LogP contribution in [0.15, 0.2) is 18.3 Å². The van der Waals surface area contributed by atoms with Gasteiger partial charge in [0.05, 0.1) is 25.4 Å². The van der Waals surface area contributed by atoms with E-state index in [0.717, 1.165) is 45.0 Å². The van der Waals surface area contributed by atoms with Gasteiger partial charge in [-0.25, -0.2) is 0 Å². The average Bonchev–Trinajstić information content (AvgIpc) is 3.03. The molecular formula is C17H25N3O3. The van der Waals surface area contributed by atoms with Gasteiger partial charge in [0.25, 0.3) is 5.91 Å². The highest BCUT2D eigenvalue weighted by Crippen LogP contribution is 2.20. The summed E-state index contributed by atoms with van der Waals surface area (Å²) in [6.07, 6.45) is 2.95. The second kappa shape index (κ2) is 7.27. The number of rotatable bonds is 4. The van der Waals surface area contributed by atoms with Gasteiger partial charge in [-0.05, 0) is 32.4 Å². The summed E-state index contributed by atoms with van der Waals surface area (Å²) < 4.78 is 11.2. The van der Waals surface area contributed by atoms with E-state index in [0.29, 0.717) is 12.2 Å². The van der Waals surface area contributed by atoms with Crippen LogP contribution < -0.4 is 4.90 Å². The van der Waals surface area contributed by atoms with Crippen molar-refractivity contribution >= 4 is 11.6 Å². The summed E-state index contributed by atoms with van der Waals surface area (Å²) in [7, 11) is 0. The lowest BCUT2D eigenvalue weighted by atomic mass is 10.2. The lowest BCUT2D eigenvalue weighted by molar-refractivity contribution is 0.0139. The number of carbonyl (C=O) groups excluding carboxylic acids is 1. The number of anilines is 1. The van der Waals surface area contributed by atoms with Crippen LogP contribution in [0.25, 0.3) is 0 Å². The summed E-state index contributed by atoms with van der Waals surface area (Å²) in [5.41, 5.74) is 1.56. The summed E-state index contributed by atoms with van der Waals surface area (Å²) in [5.74, 6) is -0.00466. The van der Waals surface area contributed by atoms with Crippen molar-refractivity contribution in [2.45, 2.75) is 32.5 Å². The van der Waals surface area contributed by atoms with Crippen LogP contribution in [0.3, 0.4) is 0 Å². The summed E-state index contributed by atoms with van der Waals surface area (Å²) in [6, 6.07) is 3.85. The molecule has 0 aliphatic carbocycles. The van der Waals surface area contributed by atoms with Gasteiger partial charge in [-0.2, -0.15) is 0 Å². The second-order valence-corrected chi connectivity index (χ2v) is 6.35. The number of nitrogens with zero attached hydrogens (tertiary/aromatic N) is 3. The number of amides is 1. The molecule has 6 heteroatoms. The molecule has 3 heterocycles. The second-order valence-electron chi connectivity index (χ2n) is 6.35. The van der Waals surface area contributed by atoms with Crippen molar-refractivity contribution in [3.8, 4) is 0 Å². The molecular weight excluding hydrogens is 294 g/mol. The molecule has 0 bridgehead atoms. The molecule has 1 aromatic heterocycles. The Morgan fingerprint density at radius 1 is 1.35 bits per heavy atom. The Hall–Kier alpha value is -1.66. The Balaban J connectivity index is 1.65. The van der Waals surface area contributed by atoms with E-state index in [1.165, 1.54) is 0 Å². The van der Waals surface area contributed by atoms with E-state index in [1.54, 1.807) is 6.20 Å². The summed E-state index contributed by atoms with van der Waals surface area (Å²) in [6.45, 7) is 8.60. The minimum absolute atomic E-state index is 0.00466. The van der Waals surface area contributed by atoms with E-state index < -0.39 is 0 Å². The third-order valence-corrected chi connectivity index (χ3v) is 4.24. The minimum Gasteiger partial charge on any atom is -0.378 e. The van der Waals surface area contributed by atoms with Gasteiger partial charge in [0.1, 0.15) is 5.69 Å². The quantitative estimate of drug-likeness (QED) is 0.843. The normalized spacial score (nSPS) is 22.0. The SMILES string of the molecule is CC(C)O[C@@H]1CCN(C(=O)c2cc(N3CCOCC3)ccn2)C1. The van der Waals surface area contributed by atoms with E-state index in [9.17, 15) is 4.79 Å². The summed E-state index contributed by atoms with van der Waals surface area (Å²) >= 11 is 0. The van der Waals surface area contributed by atoms with Crippen LogP contribution in [0.4, 0.5) is 5.69 Å². The van der Waals surface area contributed by atoms with Crippen molar-refractivity contribution < 1.29 is 14.3 Å². The van der Waals surface area contributed by atoms with Gasteiger partial charge in [-0.15, -0.1) is 0 Å². The molecule has 126 valence electrons. The van der Waals surface area contributed by atoms with Crippen LogP contribution in [0.5, 0.6) is 0 Å². The first-order valence-corrected chi connectivity index (χ1v) is 8.37. The highest BCUT2D eigenvalue weighted by molar-refractivity contribution is 5.93. The Bertz CT molecular complexity index is 544. The van der Waals surface area contributed by atoms with Crippen molar-refractivity contribution in [2.75, 3.05) is 44.3 Å². The highest BCUT2D eigenvalue weighted by Gasteiger charge is 2.29. The van der Waals surface area contributed by atoms with Crippen molar-refractivity contribution in [1.29, 1.82) is 0 Å². The molecule has 0 unspecified atom stereocenters. The molecule has 0 spiro atoms. The molecule has 2 fully saturated rings. The molecule has 2 aliphatic rings. The number of hydrogen-bond acceptors (Lipinski definition) is 5. The fourth-order valence-corrected chi connectivity index (χ4v) is 3.13. The van der Waals surface area contributed by atoms with Crippen LogP contribution in [0, 0.1) is 0 Å². The zero-order chi connectivity index (χ0) is 16.2. The maximum Gasteiger partial charge on any atom is 0.272 e. The number of aromatic nitrogens is 1. The van der Waals surface area contributed by atoms with Crippen molar-refractivity contribution in [2.24, 2.45) is 0 Å². The molecule has 2 aliphatic heterocycles. The molecule has 6 nitrogen and oxygen atoms in total. The van der Waals surface area contributed by atoms with Gasteiger partial charge in [0.15, 0.2) is 0 Å². The molecule has 0 saturated carbocycles. The average molecular weight is 319 g/mol. The zero-order valence-electron chi connectivity index (χ0n) is 13.9. The monoisotopic (exact) mass is 319 g/mol. The Kier molecular flexibility index (Phi) is 5.13. The fraction of sp³-hybridized carbons (Fsp3) is 0.647. The number of carbonyl (C=O) groups is 1. The molecule has 0 N–H and O–H groups in total. The molecule has 3 rings (SSSR count). The molecule has 1 atom stereocenters. The first-order chi connectivity index (χ1) is 11.1. The molecule has 0 radical (unpaired) electrons. The van der Waals surface area contributed by atoms with E-state index in [4.69, 9.17) is 9.47 Å². The van der Waals surface area contributed by atoms with Crippen molar-refractivity contribution in [1.82, 2.24) is 9.88 Å². The van der Waals surface area contributed by atoms with E-state index in [1.807, 2.05) is 30.9 Å². The third kappa shape index (κ3) is 4.00. The maximum absolute atomic E-state index is 12.7. The Morgan fingerprint density at radius 2 is 2.13 bits per heavy atom. The summed E-state index contributed by atoms with van der Waals surface area (Å²) in [5, 5.41) is 0. The van der Waals surface area contributed by atoms with Crippen LogP contribution in [-0.4, -0.2) is 67.4 Å². The van der Waals surface area contributed by atoms with Crippen molar-refractivity contribution in [3.05, 3.63) is 24.0 Å². The number of hydrogen-bond donors (Lipinski definition) is 0. The maximum atomic E-state index is 12.7. The third-order valence-electron chi connectivity index (χ3n) is 4.24. The molecule has 23 heavy (non-hydrogen) atoms. The Labute approximate surface area is 137 Å². The first kappa shape index (κ1) is 16.2. The zero-order valence-corrected chi connectivity index (χ0v) is 13.9. The fourth-order valence-electron chi connectivity index (χ4n) is 3.13. The highest BCUT2D eigenvalue weighted by atomic mass is 16.5. The van der Waals surface area contributed by atoms with Crippen molar-refractivity contribution in [3.63, 3.8) is 0 Å². The van der Waals surface area contributed by atoms with Gasteiger partial charge in [-0.3, -0.25) is 9.78 Å². The van der Waals surface area contributed by atoms with Crippen LogP contribution in [0.2, 0.25) is 0 Å². The molecule has 1 aromatic rings. The number of pyridine rings is 1. The molecule has 1 amide bonds. The summed E-state index contributed by atoms with van der Waals surface area (Å²) in [4.78, 5) is 21.0. The van der Waals surface area contributed by atoms with Gasteiger partial charge in [0.2, 0.25) is 0 Å². The van der Waals surface area contributed by atoms with Gasteiger partial charge >= 0.3 is 0 Å². The minimum atomic E-state index is -0.00466. The lowest BCUT2D eigenvalue weighted by Crippen LogP contribution is -2.36. The Morgan fingerprint density at radius 3 is 2.87 bits per heavy atom. The van der Waals surface area contributed by atoms with Gasteiger partial charge in [-0.1, -0.05) is 0 Å². The number of morpholine rings is 1. The largest absolute Gasteiger partial charge is 0.378 e. The standard InChI is InChI=1S/C17H25N3O3/c1-13(2)23-15-4-6-20(12-15)17(21)16-11-14(3-5-18-16)19-7-9-22-10-8-19/h3,5,11,13,15H,4,6-10,12H2,1-2H3/t15-/m1/s1. The van der Waals surface area contributed by atoms with Gasteiger partial charge in [0, 0.05) is 38.1 Å². The lowest BCUT2D eigenvalue weighted by Gasteiger charge is -2.29.